The molecular weight excluding hydrogens is 441 g/mol. The second-order valence-corrected chi connectivity index (χ2v) is 8.67. The highest BCUT2D eigenvalue weighted by Gasteiger charge is 2.36. The molecule has 12 heteroatoms. The number of carbonyl (C=O) groups is 2. The van der Waals surface area contributed by atoms with E-state index in [4.69, 9.17) is 21.4 Å². The van der Waals surface area contributed by atoms with Gasteiger partial charge in [0.2, 0.25) is 5.91 Å². The number of nitrogens with zero attached hydrogens (tertiary/aromatic N) is 1. The summed E-state index contributed by atoms with van der Waals surface area (Å²) in [4.78, 5) is 22.1. The topological polar surface area (TPSA) is 125 Å². The summed E-state index contributed by atoms with van der Waals surface area (Å²) in [5, 5.41) is 13.6. The molecule has 0 aromatic heterocycles. The third-order valence-corrected chi connectivity index (χ3v) is 6.25. The zero-order chi connectivity index (χ0) is 22.1. The van der Waals surface area contributed by atoms with Crippen LogP contribution < -0.4 is 19.7 Å². The molecule has 0 saturated heterocycles. The van der Waals surface area contributed by atoms with Crippen molar-refractivity contribution in [1.82, 2.24) is 5.32 Å². The zero-order valence-electron chi connectivity index (χ0n) is 15.6. The van der Waals surface area contributed by atoms with Crippen molar-refractivity contribution in [3.05, 3.63) is 47.2 Å². The molecule has 1 atom stereocenters. The first-order valence-corrected chi connectivity index (χ1v) is 10.4. The van der Waals surface area contributed by atoms with Crippen LogP contribution in [0.15, 0.2) is 41.3 Å². The molecule has 1 unspecified atom stereocenters. The van der Waals surface area contributed by atoms with Crippen LogP contribution in [0.4, 0.5) is 20.6 Å². The maximum absolute atomic E-state index is 13.3. The van der Waals surface area contributed by atoms with Crippen LogP contribution in [0.1, 0.15) is 6.92 Å². The van der Waals surface area contributed by atoms with E-state index in [1.807, 2.05) is 0 Å². The molecule has 0 spiro atoms. The second-order valence-electron chi connectivity index (χ2n) is 6.40. The minimum absolute atomic E-state index is 0.00894. The summed E-state index contributed by atoms with van der Waals surface area (Å²) in [6.45, 7) is 1.12. The number of benzene rings is 2. The number of fused-ring (bicyclic) bond motifs is 1. The summed E-state index contributed by atoms with van der Waals surface area (Å²) >= 11 is 6.22. The number of halogens is 2. The van der Waals surface area contributed by atoms with Gasteiger partial charge in [0, 0.05) is 12.6 Å². The number of sulfonamides is 1. The molecule has 3 N–H and O–H groups in total. The molecule has 30 heavy (non-hydrogen) atoms. The first kappa shape index (κ1) is 21.7. The van der Waals surface area contributed by atoms with Crippen LogP contribution >= 0.6 is 11.6 Å². The van der Waals surface area contributed by atoms with E-state index in [1.54, 1.807) is 0 Å². The predicted octanol–water partition coefficient (Wildman–Crippen LogP) is 2.66. The first-order chi connectivity index (χ1) is 14.1. The third kappa shape index (κ3) is 4.57. The monoisotopic (exact) mass is 457 g/mol. The Morgan fingerprint density at radius 3 is 2.57 bits per heavy atom. The molecule has 0 aliphatic carbocycles. The Morgan fingerprint density at radius 1 is 1.30 bits per heavy atom. The van der Waals surface area contributed by atoms with Crippen molar-refractivity contribution in [2.75, 3.05) is 22.7 Å². The summed E-state index contributed by atoms with van der Waals surface area (Å²) in [5.41, 5.74) is 0.0455. The molecule has 1 aliphatic rings. The van der Waals surface area contributed by atoms with Crippen LogP contribution in [0.25, 0.3) is 0 Å². The maximum Gasteiger partial charge on any atom is 0.409 e. The normalized spacial score (nSPS) is 15.7. The highest BCUT2D eigenvalue weighted by molar-refractivity contribution is 7.92. The van der Waals surface area contributed by atoms with Crippen LogP contribution in [-0.2, 0) is 14.8 Å². The van der Waals surface area contributed by atoms with Gasteiger partial charge in [-0.15, -0.1) is 0 Å². The minimum Gasteiger partial charge on any atom is -0.483 e. The van der Waals surface area contributed by atoms with Gasteiger partial charge in [-0.2, -0.15) is 0 Å². The molecule has 1 heterocycles. The van der Waals surface area contributed by atoms with Gasteiger partial charge in [-0.3, -0.25) is 14.4 Å². The quantitative estimate of drug-likeness (QED) is 0.634. The lowest BCUT2D eigenvalue weighted by atomic mass is 10.2. The number of nitrogens with one attached hydrogen (secondary N) is 2. The summed E-state index contributed by atoms with van der Waals surface area (Å²) in [7, 11) is -4.19. The van der Waals surface area contributed by atoms with Gasteiger partial charge in [0.15, 0.2) is 5.75 Å². The van der Waals surface area contributed by atoms with Crippen LogP contribution in [0, 0.1) is 5.82 Å². The summed E-state index contributed by atoms with van der Waals surface area (Å²) in [5.74, 6) is -0.916. The highest BCUT2D eigenvalue weighted by atomic mass is 35.5. The van der Waals surface area contributed by atoms with Gasteiger partial charge in [-0.1, -0.05) is 11.6 Å². The second kappa shape index (κ2) is 8.36. The van der Waals surface area contributed by atoms with Crippen LogP contribution in [-0.4, -0.2) is 44.7 Å². The molecule has 9 nitrogen and oxygen atoms in total. The first-order valence-electron chi connectivity index (χ1n) is 8.61. The number of amides is 2. The number of ether oxygens (including phenoxy) is 1. The summed E-state index contributed by atoms with van der Waals surface area (Å²) in [6, 6.07) is 6.80. The van der Waals surface area contributed by atoms with Gasteiger partial charge in [-0.25, -0.2) is 17.6 Å². The van der Waals surface area contributed by atoms with Gasteiger partial charge in [0.1, 0.15) is 11.9 Å². The average Bonchev–Trinajstić information content (AvgIpc) is 2.66. The van der Waals surface area contributed by atoms with E-state index < -0.39 is 28.0 Å². The number of rotatable bonds is 5. The Morgan fingerprint density at radius 2 is 1.97 bits per heavy atom. The zero-order valence-corrected chi connectivity index (χ0v) is 17.1. The van der Waals surface area contributed by atoms with Crippen molar-refractivity contribution in [1.29, 1.82) is 0 Å². The fourth-order valence-corrected chi connectivity index (χ4v) is 4.64. The average molecular weight is 458 g/mol. The number of carbonyl (C=O) groups excluding carboxylic acids is 1. The molecule has 0 fully saturated rings. The predicted molar refractivity (Wildman–Crippen MR) is 107 cm³/mol. The smallest absolute Gasteiger partial charge is 0.409 e. The molecule has 2 amide bonds. The summed E-state index contributed by atoms with van der Waals surface area (Å²) in [6.07, 6.45) is -2.13. The molecular formula is C18H17ClFN3O6S. The molecule has 3 rings (SSSR count). The van der Waals surface area contributed by atoms with Crippen molar-refractivity contribution < 1.29 is 32.2 Å². The van der Waals surface area contributed by atoms with E-state index in [1.165, 1.54) is 19.1 Å². The van der Waals surface area contributed by atoms with Crippen molar-refractivity contribution >= 4 is 45.0 Å². The van der Waals surface area contributed by atoms with Gasteiger partial charge in [0.25, 0.3) is 10.0 Å². The number of hydrogen-bond acceptors (Lipinski definition) is 5. The largest absolute Gasteiger partial charge is 0.483 e. The van der Waals surface area contributed by atoms with Gasteiger partial charge in [-0.05, 0) is 36.4 Å². The lowest BCUT2D eigenvalue weighted by Crippen LogP contribution is -2.48. The number of anilines is 2. The van der Waals surface area contributed by atoms with Crippen LogP contribution in [0.3, 0.4) is 0 Å². The molecule has 2 aromatic rings. The Labute approximate surface area is 176 Å². The lowest BCUT2D eigenvalue weighted by Gasteiger charge is -2.36. The van der Waals surface area contributed by atoms with E-state index in [2.05, 4.69) is 10.6 Å². The van der Waals surface area contributed by atoms with Crippen molar-refractivity contribution in [2.45, 2.75) is 17.9 Å². The van der Waals surface area contributed by atoms with E-state index in [-0.39, 0.29) is 46.0 Å². The van der Waals surface area contributed by atoms with Crippen molar-refractivity contribution in [3.63, 3.8) is 0 Å². The van der Waals surface area contributed by atoms with E-state index in [0.717, 1.165) is 28.6 Å². The number of hydrogen-bond donors (Lipinski definition) is 3. The molecule has 0 radical (unpaired) electrons. The van der Waals surface area contributed by atoms with Crippen molar-refractivity contribution in [2.24, 2.45) is 0 Å². The highest BCUT2D eigenvalue weighted by Crippen LogP contribution is 2.44. The Balaban J connectivity index is 2.09. The van der Waals surface area contributed by atoms with Crippen LogP contribution in [0.5, 0.6) is 5.75 Å². The molecule has 1 aliphatic heterocycles. The molecule has 0 saturated carbocycles. The van der Waals surface area contributed by atoms with E-state index >= 15 is 0 Å². The standard InChI is InChI=1S/C18H17ClFN3O6S/c1-10(24)21-8-13-9-23(30(27,28)14-4-2-11(20)3-5-14)16-7-12(22-18(25)26)6-15(19)17(16)29-13/h2-7,13,22H,8-9H2,1H3,(H,21,24)(H,25,26). The lowest BCUT2D eigenvalue weighted by molar-refractivity contribution is -0.119. The summed E-state index contributed by atoms with van der Waals surface area (Å²) < 4.78 is 46.6. The molecule has 2 aromatic carbocycles. The van der Waals surface area contributed by atoms with E-state index in [9.17, 15) is 22.4 Å². The molecule has 160 valence electrons. The van der Waals surface area contributed by atoms with Crippen LogP contribution in [0.2, 0.25) is 5.02 Å². The Hall–Kier alpha value is -3.05. The fourth-order valence-electron chi connectivity index (χ4n) is 2.89. The van der Waals surface area contributed by atoms with Gasteiger partial charge >= 0.3 is 6.09 Å². The van der Waals surface area contributed by atoms with E-state index in [0.29, 0.717) is 0 Å². The fraction of sp³-hybridized carbons (Fsp3) is 0.222. The Kier molecular flexibility index (Phi) is 6.04. The maximum atomic E-state index is 13.3. The Bertz CT molecular complexity index is 1090. The number of carboxylic acid groups (broad SMARTS) is 1. The minimum atomic E-state index is -4.19. The van der Waals surface area contributed by atoms with Crippen molar-refractivity contribution in [3.8, 4) is 5.75 Å². The van der Waals surface area contributed by atoms with Gasteiger partial charge < -0.3 is 15.2 Å². The SMILES string of the molecule is CC(=O)NCC1CN(S(=O)(=O)c2ccc(F)cc2)c2cc(NC(=O)O)cc(Cl)c2O1. The molecule has 0 bridgehead atoms. The third-order valence-electron chi connectivity index (χ3n) is 4.18. The van der Waals surface area contributed by atoms with Gasteiger partial charge in [0.05, 0.1) is 28.7 Å².